The topological polar surface area (TPSA) is 38.3 Å². The third-order valence-corrected chi connectivity index (χ3v) is 2.72. The first kappa shape index (κ1) is 16.4. The SMILES string of the molecule is CCOCCCC(=O)NC(C)CCCC(C)C. The highest BCUT2D eigenvalue weighted by molar-refractivity contribution is 5.76. The molecule has 0 aliphatic rings. The summed E-state index contributed by atoms with van der Waals surface area (Å²) in [7, 11) is 0. The Bertz CT molecular complexity index is 193. The first-order valence-corrected chi connectivity index (χ1v) is 6.93. The number of amides is 1. The summed E-state index contributed by atoms with van der Waals surface area (Å²) >= 11 is 0. The predicted octanol–water partition coefficient (Wildman–Crippen LogP) is 3.13. The zero-order valence-electron chi connectivity index (χ0n) is 11.9. The molecule has 0 aromatic carbocycles. The standard InChI is InChI=1S/C14H29NO2/c1-5-17-11-7-10-14(16)15-13(4)9-6-8-12(2)3/h12-13H,5-11H2,1-4H3,(H,15,16). The Hall–Kier alpha value is -0.570. The lowest BCUT2D eigenvalue weighted by atomic mass is 10.0. The maximum absolute atomic E-state index is 11.5. The lowest BCUT2D eigenvalue weighted by Gasteiger charge is -2.14. The molecule has 3 nitrogen and oxygen atoms in total. The van der Waals surface area contributed by atoms with Gasteiger partial charge in [0.2, 0.25) is 5.91 Å². The van der Waals surface area contributed by atoms with Crippen molar-refractivity contribution < 1.29 is 9.53 Å². The van der Waals surface area contributed by atoms with E-state index in [9.17, 15) is 4.79 Å². The molecule has 3 heteroatoms. The summed E-state index contributed by atoms with van der Waals surface area (Å²) in [5, 5.41) is 3.04. The number of carbonyl (C=O) groups is 1. The van der Waals surface area contributed by atoms with Crippen LogP contribution in [0.1, 0.15) is 59.8 Å². The van der Waals surface area contributed by atoms with E-state index in [1.165, 1.54) is 12.8 Å². The summed E-state index contributed by atoms with van der Waals surface area (Å²) in [6.07, 6.45) is 4.91. The third kappa shape index (κ3) is 11.7. The fraction of sp³-hybridized carbons (Fsp3) is 0.929. The molecule has 0 aromatic heterocycles. The summed E-state index contributed by atoms with van der Waals surface area (Å²) < 4.78 is 5.20. The second-order valence-electron chi connectivity index (χ2n) is 5.09. The minimum Gasteiger partial charge on any atom is -0.382 e. The summed E-state index contributed by atoms with van der Waals surface area (Å²) in [6, 6.07) is 0.299. The molecule has 0 aromatic rings. The van der Waals surface area contributed by atoms with Crippen LogP contribution in [-0.4, -0.2) is 25.2 Å². The van der Waals surface area contributed by atoms with Gasteiger partial charge in [-0.2, -0.15) is 0 Å². The summed E-state index contributed by atoms with van der Waals surface area (Å²) in [5.41, 5.74) is 0. The smallest absolute Gasteiger partial charge is 0.220 e. The number of hydrogen-bond donors (Lipinski definition) is 1. The van der Waals surface area contributed by atoms with Gasteiger partial charge in [-0.25, -0.2) is 0 Å². The average molecular weight is 243 g/mol. The minimum absolute atomic E-state index is 0.154. The molecule has 0 rings (SSSR count). The van der Waals surface area contributed by atoms with Crippen molar-refractivity contribution in [3.05, 3.63) is 0 Å². The zero-order chi connectivity index (χ0) is 13.1. The van der Waals surface area contributed by atoms with E-state index in [-0.39, 0.29) is 5.91 Å². The van der Waals surface area contributed by atoms with E-state index in [1.807, 2.05) is 6.92 Å². The molecule has 0 radical (unpaired) electrons. The number of rotatable bonds is 10. The second-order valence-corrected chi connectivity index (χ2v) is 5.09. The molecule has 0 bridgehead atoms. The molecule has 17 heavy (non-hydrogen) atoms. The van der Waals surface area contributed by atoms with Crippen LogP contribution in [0.4, 0.5) is 0 Å². The molecule has 0 heterocycles. The monoisotopic (exact) mass is 243 g/mol. The average Bonchev–Trinajstić information content (AvgIpc) is 2.23. The van der Waals surface area contributed by atoms with E-state index in [4.69, 9.17) is 4.74 Å². The molecule has 1 unspecified atom stereocenters. The molecule has 0 aliphatic heterocycles. The first-order valence-electron chi connectivity index (χ1n) is 6.93. The maximum Gasteiger partial charge on any atom is 0.220 e. The molecule has 0 saturated carbocycles. The van der Waals surface area contributed by atoms with Crippen LogP contribution in [0.3, 0.4) is 0 Å². The van der Waals surface area contributed by atoms with Crippen LogP contribution in [0.5, 0.6) is 0 Å². The van der Waals surface area contributed by atoms with Crippen LogP contribution < -0.4 is 5.32 Å². The van der Waals surface area contributed by atoms with Gasteiger partial charge in [0.25, 0.3) is 0 Å². The lowest BCUT2D eigenvalue weighted by Crippen LogP contribution is -2.32. The van der Waals surface area contributed by atoms with Crippen LogP contribution in [0.25, 0.3) is 0 Å². The number of ether oxygens (including phenoxy) is 1. The van der Waals surface area contributed by atoms with Gasteiger partial charge >= 0.3 is 0 Å². The number of hydrogen-bond acceptors (Lipinski definition) is 2. The maximum atomic E-state index is 11.5. The van der Waals surface area contributed by atoms with E-state index < -0.39 is 0 Å². The van der Waals surface area contributed by atoms with E-state index >= 15 is 0 Å². The first-order chi connectivity index (χ1) is 8.06. The van der Waals surface area contributed by atoms with E-state index in [0.717, 1.165) is 25.4 Å². The van der Waals surface area contributed by atoms with Crippen LogP contribution in [0.15, 0.2) is 0 Å². The summed E-state index contributed by atoms with van der Waals surface area (Å²) in [4.78, 5) is 11.5. The zero-order valence-corrected chi connectivity index (χ0v) is 11.9. The van der Waals surface area contributed by atoms with Gasteiger partial charge in [-0.15, -0.1) is 0 Å². The van der Waals surface area contributed by atoms with Crippen molar-refractivity contribution >= 4 is 5.91 Å². The molecule has 0 spiro atoms. The van der Waals surface area contributed by atoms with Crippen molar-refractivity contribution in [3.63, 3.8) is 0 Å². The van der Waals surface area contributed by atoms with E-state index in [0.29, 0.717) is 19.1 Å². The Morgan fingerprint density at radius 2 is 1.88 bits per heavy atom. The highest BCUT2D eigenvalue weighted by Gasteiger charge is 2.07. The van der Waals surface area contributed by atoms with Crippen molar-refractivity contribution in [2.75, 3.05) is 13.2 Å². The van der Waals surface area contributed by atoms with Gasteiger partial charge in [-0.3, -0.25) is 4.79 Å². The van der Waals surface area contributed by atoms with Gasteiger partial charge in [-0.1, -0.05) is 26.7 Å². The van der Waals surface area contributed by atoms with Gasteiger partial charge in [0.05, 0.1) is 0 Å². The van der Waals surface area contributed by atoms with Crippen LogP contribution in [0.2, 0.25) is 0 Å². The fourth-order valence-corrected chi connectivity index (χ4v) is 1.73. The van der Waals surface area contributed by atoms with E-state index in [1.54, 1.807) is 0 Å². The normalized spacial score (nSPS) is 12.8. The quantitative estimate of drug-likeness (QED) is 0.599. The number of nitrogens with one attached hydrogen (secondary N) is 1. The highest BCUT2D eigenvalue weighted by Crippen LogP contribution is 2.08. The fourth-order valence-electron chi connectivity index (χ4n) is 1.73. The van der Waals surface area contributed by atoms with Gasteiger partial charge in [-0.05, 0) is 32.6 Å². The Morgan fingerprint density at radius 3 is 2.47 bits per heavy atom. The van der Waals surface area contributed by atoms with Crippen LogP contribution in [0, 0.1) is 5.92 Å². The molecule has 0 fully saturated rings. The largest absolute Gasteiger partial charge is 0.382 e. The molecular formula is C14H29NO2. The van der Waals surface area contributed by atoms with Gasteiger partial charge in [0.1, 0.15) is 0 Å². The third-order valence-electron chi connectivity index (χ3n) is 2.72. The lowest BCUT2D eigenvalue weighted by molar-refractivity contribution is -0.122. The van der Waals surface area contributed by atoms with Crippen molar-refractivity contribution in [2.45, 2.75) is 65.8 Å². The van der Waals surface area contributed by atoms with Gasteiger partial charge in [0.15, 0.2) is 0 Å². The Balaban J connectivity index is 3.45. The van der Waals surface area contributed by atoms with Crippen molar-refractivity contribution in [1.29, 1.82) is 0 Å². The van der Waals surface area contributed by atoms with Crippen LogP contribution >= 0.6 is 0 Å². The molecule has 1 amide bonds. The molecule has 0 saturated heterocycles. The van der Waals surface area contributed by atoms with Crippen LogP contribution in [-0.2, 0) is 9.53 Å². The Labute approximate surface area is 106 Å². The minimum atomic E-state index is 0.154. The summed E-state index contributed by atoms with van der Waals surface area (Å²) in [5.74, 6) is 0.908. The van der Waals surface area contributed by atoms with E-state index in [2.05, 4.69) is 26.1 Å². The Morgan fingerprint density at radius 1 is 1.18 bits per heavy atom. The van der Waals surface area contributed by atoms with Gasteiger partial charge in [0, 0.05) is 25.7 Å². The molecule has 0 aliphatic carbocycles. The Kier molecular flexibility index (Phi) is 10.2. The molecular weight excluding hydrogens is 214 g/mol. The predicted molar refractivity (Wildman–Crippen MR) is 72.0 cm³/mol. The van der Waals surface area contributed by atoms with Crippen molar-refractivity contribution in [2.24, 2.45) is 5.92 Å². The van der Waals surface area contributed by atoms with Crippen molar-refractivity contribution in [1.82, 2.24) is 5.32 Å². The molecule has 102 valence electrons. The highest BCUT2D eigenvalue weighted by atomic mass is 16.5. The summed E-state index contributed by atoms with van der Waals surface area (Å²) in [6.45, 7) is 9.93. The number of carbonyl (C=O) groups excluding carboxylic acids is 1. The van der Waals surface area contributed by atoms with Crippen molar-refractivity contribution in [3.8, 4) is 0 Å². The van der Waals surface area contributed by atoms with Gasteiger partial charge < -0.3 is 10.1 Å². The molecule has 1 atom stereocenters. The molecule has 1 N–H and O–H groups in total. The second kappa shape index (κ2) is 10.6.